The van der Waals surface area contributed by atoms with Crippen molar-refractivity contribution in [3.8, 4) is 22.8 Å². The number of fused-ring (bicyclic) bond motifs is 1. The van der Waals surface area contributed by atoms with E-state index in [4.69, 9.17) is 10.7 Å². The summed E-state index contributed by atoms with van der Waals surface area (Å²) in [4.78, 5) is 28.7. The number of nitrogens with zero attached hydrogens (tertiary/aromatic N) is 5. The number of nitrogens with two attached hydrogens (primary N) is 1. The van der Waals surface area contributed by atoms with Crippen molar-refractivity contribution in [3.63, 3.8) is 0 Å². The molecule has 1 fully saturated rings. The Morgan fingerprint density at radius 3 is 2.50 bits per heavy atom. The standard InChI is InChI=1S/C19H20N8O/c20-15-14-18(27(19(28)23-14)13-4-2-1-3-5-13)25-17(24-15)12-8-6-11(7-9-12)16-21-10-22-26-16/h6-10,13H,1-5H2,(H,23,28)(H2,20,24,25)(H,21,22,26). The van der Waals surface area contributed by atoms with E-state index in [-0.39, 0.29) is 17.5 Å². The molecule has 0 bridgehead atoms. The van der Waals surface area contributed by atoms with Gasteiger partial charge in [0.25, 0.3) is 0 Å². The highest BCUT2D eigenvalue weighted by Gasteiger charge is 2.22. The summed E-state index contributed by atoms with van der Waals surface area (Å²) < 4.78 is 1.76. The smallest absolute Gasteiger partial charge is 0.328 e. The average molecular weight is 376 g/mol. The highest BCUT2D eigenvalue weighted by atomic mass is 16.1. The van der Waals surface area contributed by atoms with Crippen molar-refractivity contribution in [1.29, 1.82) is 0 Å². The van der Waals surface area contributed by atoms with Gasteiger partial charge in [0.15, 0.2) is 23.1 Å². The summed E-state index contributed by atoms with van der Waals surface area (Å²) in [7, 11) is 0. The van der Waals surface area contributed by atoms with Crippen molar-refractivity contribution in [1.82, 2.24) is 34.7 Å². The first-order valence-corrected chi connectivity index (χ1v) is 9.44. The fourth-order valence-electron chi connectivity index (χ4n) is 3.95. The normalized spacial score (nSPS) is 15.3. The summed E-state index contributed by atoms with van der Waals surface area (Å²) >= 11 is 0. The highest BCUT2D eigenvalue weighted by molar-refractivity contribution is 5.84. The number of nitrogens with one attached hydrogen (secondary N) is 2. The quantitative estimate of drug-likeness (QED) is 0.504. The van der Waals surface area contributed by atoms with Gasteiger partial charge in [-0.1, -0.05) is 43.5 Å². The third-order valence-corrected chi connectivity index (χ3v) is 5.37. The summed E-state index contributed by atoms with van der Waals surface area (Å²) in [6, 6.07) is 7.82. The van der Waals surface area contributed by atoms with Gasteiger partial charge in [0.05, 0.1) is 0 Å². The number of hydrogen-bond acceptors (Lipinski definition) is 6. The molecule has 0 aliphatic heterocycles. The largest absolute Gasteiger partial charge is 0.382 e. The van der Waals surface area contributed by atoms with Gasteiger partial charge >= 0.3 is 5.69 Å². The van der Waals surface area contributed by atoms with Crippen LogP contribution in [0.15, 0.2) is 35.4 Å². The summed E-state index contributed by atoms with van der Waals surface area (Å²) in [6.07, 6.45) is 6.90. The van der Waals surface area contributed by atoms with E-state index < -0.39 is 0 Å². The second-order valence-electron chi connectivity index (χ2n) is 7.13. The molecule has 0 spiro atoms. The van der Waals surface area contributed by atoms with Crippen LogP contribution >= 0.6 is 0 Å². The molecule has 1 aromatic carbocycles. The zero-order valence-corrected chi connectivity index (χ0v) is 15.2. The molecular weight excluding hydrogens is 356 g/mol. The number of hydrogen-bond donors (Lipinski definition) is 3. The third kappa shape index (κ3) is 2.75. The van der Waals surface area contributed by atoms with Crippen molar-refractivity contribution < 1.29 is 0 Å². The van der Waals surface area contributed by atoms with Gasteiger partial charge in [0, 0.05) is 17.2 Å². The molecule has 0 amide bonds. The molecule has 5 rings (SSSR count). The van der Waals surface area contributed by atoms with Gasteiger partial charge in [-0.05, 0) is 12.8 Å². The molecule has 0 radical (unpaired) electrons. The van der Waals surface area contributed by atoms with Crippen molar-refractivity contribution in [2.24, 2.45) is 0 Å². The number of nitrogen functional groups attached to an aromatic ring is 1. The van der Waals surface area contributed by atoms with Crippen molar-refractivity contribution in [2.75, 3.05) is 5.73 Å². The number of aromatic amines is 2. The van der Waals surface area contributed by atoms with Crippen LogP contribution in [-0.2, 0) is 0 Å². The minimum Gasteiger partial charge on any atom is -0.382 e. The molecule has 142 valence electrons. The lowest BCUT2D eigenvalue weighted by Gasteiger charge is -2.22. The van der Waals surface area contributed by atoms with E-state index in [1.54, 1.807) is 4.57 Å². The third-order valence-electron chi connectivity index (χ3n) is 5.37. The molecule has 3 heterocycles. The van der Waals surface area contributed by atoms with E-state index >= 15 is 0 Å². The zero-order valence-electron chi connectivity index (χ0n) is 15.2. The van der Waals surface area contributed by atoms with Gasteiger partial charge in [-0.2, -0.15) is 5.10 Å². The van der Waals surface area contributed by atoms with Crippen LogP contribution in [0, 0.1) is 0 Å². The molecule has 1 aliphatic rings. The first kappa shape index (κ1) is 16.7. The fraction of sp³-hybridized carbons (Fsp3) is 0.316. The Morgan fingerprint density at radius 2 is 1.79 bits per heavy atom. The van der Waals surface area contributed by atoms with E-state index in [0.717, 1.165) is 36.8 Å². The summed E-state index contributed by atoms with van der Waals surface area (Å²) in [5, 5.41) is 6.71. The van der Waals surface area contributed by atoms with Gasteiger partial charge in [-0.3, -0.25) is 9.67 Å². The number of benzene rings is 1. The van der Waals surface area contributed by atoms with E-state index in [1.807, 2.05) is 24.3 Å². The lowest BCUT2D eigenvalue weighted by Crippen LogP contribution is -2.24. The number of aromatic nitrogens is 7. The van der Waals surface area contributed by atoms with E-state index in [9.17, 15) is 4.79 Å². The average Bonchev–Trinajstić information content (AvgIpc) is 3.37. The zero-order chi connectivity index (χ0) is 19.1. The van der Waals surface area contributed by atoms with Crippen LogP contribution in [-0.4, -0.2) is 34.7 Å². The molecule has 0 unspecified atom stereocenters. The molecule has 28 heavy (non-hydrogen) atoms. The Bertz CT molecular complexity index is 1170. The van der Waals surface area contributed by atoms with Crippen molar-refractivity contribution in [3.05, 3.63) is 41.1 Å². The Balaban J connectivity index is 1.59. The van der Waals surface area contributed by atoms with Crippen LogP contribution in [0.25, 0.3) is 33.9 Å². The maximum Gasteiger partial charge on any atom is 0.328 e. The van der Waals surface area contributed by atoms with Crippen molar-refractivity contribution in [2.45, 2.75) is 38.1 Å². The van der Waals surface area contributed by atoms with Crippen LogP contribution in [0.2, 0.25) is 0 Å². The van der Waals surface area contributed by atoms with Crippen LogP contribution in [0.4, 0.5) is 5.82 Å². The topological polar surface area (TPSA) is 131 Å². The molecule has 0 saturated heterocycles. The molecule has 1 aliphatic carbocycles. The van der Waals surface area contributed by atoms with Crippen LogP contribution in [0.1, 0.15) is 38.1 Å². The summed E-state index contributed by atoms with van der Waals surface area (Å²) in [6.45, 7) is 0. The maximum absolute atomic E-state index is 12.6. The minimum atomic E-state index is -0.166. The van der Waals surface area contributed by atoms with Crippen LogP contribution in [0.5, 0.6) is 0 Å². The van der Waals surface area contributed by atoms with Gasteiger partial charge in [-0.25, -0.2) is 19.7 Å². The van der Waals surface area contributed by atoms with E-state index in [2.05, 4.69) is 25.1 Å². The van der Waals surface area contributed by atoms with E-state index in [0.29, 0.717) is 22.8 Å². The SMILES string of the molecule is Nc1nc(-c2ccc(-c3ncn[nH]3)cc2)nc2c1[nH]c(=O)n2C1CCCCC1. The van der Waals surface area contributed by atoms with Crippen molar-refractivity contribution >= 4 is 17.0 Å². The second-order valence-corrected chi connectivity index (χ2v) is 7.13. The Hall–Kier alpha value is -3.49. The number of rotatable bonds is 3. The summed E-state index contributed by atoms with van der Waals surface area (Å²) in [5.74, 6) is 1.47. The molecule has 4 N–H and O–H groups in total. The van der Waals surface area contributed by atoms with Gasteiger partial charge in [0.2, 0.25) is 0 Å². The molecule has 0 atom stereocenters. The lowest BCUT2D eigenvalue weighted by molar-refractivity contribution is 0.352. The van der Waals surface area contributed by atoms with Gasteiger partial charge < -0.3 is 10.7 Å². The molecule has 3 aromatic heterocycles. The Morgan fingerprint density at radius 1 is 1.04 bits per heavy atom. The van der Waals surface area contributed by atoms with E-state index in [1.165, 1.54) is 12.7 Å². The predicted octanol–water partition coefficient (Wildman–Crippen LogP) is 2.66. The Labute approximate surface area is 160 Å². The first-order valence-electron chi connectivity index (χ1n) is 9.44. The molecule has 1 saturated carbocycles. The molecule has 4 aromatic rings. The predicted molar refractivity (Wildman–Crippen MR) is 105 cm³/mol. The van der Waals surface area contributed by atoms with Gasteiger partial charge in [0.1, 0.15) is 11.8 Å². The Kier molecular flexibility index (Phi) is 3.92. The monoisotopic (exact) mass is 376 g/mol. The molecule has 9 heteroatoms. The van der Waals surface area contributed by atoms with Crippen LogP contribution in [0.3, 0.4) is 0 Å². The molecular formula is C19H20N8O. The second kappa shape index (κ2) is 6.59. The van der Waals surface area contributed by atoms with Gasteiger partial charge in [-0.15, -0.1) is 0 Å². The first-order chi connectivity index (χ1) is 13.7. The molecule has 9 nitrogen and oxygen atoms in total. The fourth-order valence-corrected chi connectivity index (χ4v) is 3.95. The lowest BCUT2D eigenvalue weighted by atomic mass is 9.95. The maximum atomic E-state index is 12.6. The van der Waals surface area contributed by atoms with Crippen LogP contribution < -0.4 is 11.4 Å². The highest BCUT2D eigenvalue weighted by Crippen LogP contribution is 2.30. The number of imidazole rings is 1. The number of H-pyrrole nitrogens is 2. The number of anilines is 1. The minimum absolute atomic E-state index is 0.158. The summed E-state index contributed by atoms with van der Waals surface area (Å²) in [5.41, 5.74) is 8.82.